The Morgan fingerprint density at radius 3 is 2.50 bits per heavy atom. The van der Waals surface area contributed by atoms with Crippen LogP contribution in [0.3, 0.4) is 0 Å². The van der Waals surface area contributed by atoms with Gasteiger partial charge in [-0.25, -0.2) is 4.79 Å². The lowest BCUT2D eigenvalue weighted by Crippen LogP contribution is -1.93. The Morgan fingerprint density at radius 1 is 1.36 bits per heavy atom. The molecule has 0 amide bonds. The summed E-state index contributed by atoms with van der Waals surface area (Å²) in [6.07, 6.45) is 5.17. The van der Waals surface area contributed by atoms with Crippen molar-refractivity contribution >= 4 is 23.8 Å². The van der Waals surface area contributed by atoms with E-state index in [0.717, 1.165) is 5.56 Å². The predicted molar refractivity (Wildman–Crippen MR) is 59.3 cm³/mol. The van der Waals surface area contributed by atoms with Gasteiger partial charge in [-0.3, -0.25) is 0 Å². The van der Waals surface area contributed by atoms with Crippen molar-refractivity contribution in [1.29, 1.82) is 0 Å². The van der Waals surface area contributed by atoms with Crippen molar-refractivity contribution in [3.63, 3.8) is 0 Å². The van der Waals surface area contributed by atoms with Crippen LogP contribution in [-0.2, 0) is 9.53 Å². The molecule has 0 saturated carbocycles. The Balaban J connectivity index is 2.68. The van der Waals surface area contributed by atoms with Crippen LogP contribution in [0, 0.1) is 0 Å². The zero-order valence-electron chi connectivity index (χ0n) is 8.19. The lowest BCUT2D eigenvalue weighted by molar-refractivity contribution is -0.134. The normalized spacial score (nSPS) is 10.4. The van der Waals surface area contributed by atoms with Gasteiger partial charge in [0.1, 0.15) is 0 Å². The van der Waals surface area contributed by atoms with E-state index >= 15 is 0 Å². The van der Waals surface area contributed by atoms with Crippen molar-refractivity contribution in [3.05, 3.63) is 35.9 Å². The number of thioether (sulfide) groups is 1. The van der Waals surface area contributed by atoms with E-state index in [-0.39, 0.29) is 5.97 Å². The maximum Gasteiger partial charge on any atom is 0.330 e. The topological polar surface area (TPSA) is 26.3 Å². The van der Waals surface area contributed by atoms with Crippen LogP contribution in [0.4, 0.5) is 0 Å². The number of carbonyl (C=O) groups excluding carboxylic acids is 1. The van der Waals surface area contributed by atoms with Crippen LogP contribution < -0.4 is 0 Å². The fraction of sp³-hybridized carbons (Fsp3) is 0.182. The van der Waals surface area contributed by atoms with Crippen molar-refractivity contribution in [2.45, 2.75) is 4.90 Å². The molecular weight excluding hydrogens is 196 g/mol. The van der Waals surface area contributed by atoms with Crippen LogP contribution in [0.15, 0.2) is 35.2 Å². The van der Waals surface area contributed by atoms with Gasteiger partial charge in [0.05, 0.1) is 7.11 Å². The number of methoxy groups -OCH3 is 1. The lowest BCUT2D eigenvalue weighted by Gasteiger charge is -1.96. The quantitative estimate of drug-likeness (QED) is 0.434. The van der Waals surface area contributed by atoms with E-state index in [9.17, 15) is 4.79 Å². The Kier molecular flexibility index (Phi) is 4.26. The highest BCUT2D eigenvalue weighted by Gasteiger charge is 1.92. The summed E-state index contributed by atoms with van der Waals surface area (Å²) >= 11 is 1.69. The van der Waals surface area contributed by atoms with Crippen molar-refractivity contribution in [2.24, 2.45) is 0 Å². The zero-order chi connectivity index (χ0) is 10.4. The summed E-state index contributed by atoms with van der Waals surface area (Å²) in [7, 11) is 1.36. The molecule has 0 saturated heterocycles. The SMILES string of the molecule is COC(=O)/C=C/c1ccc(SC)cc1. The maximum atomic E-state index is 10.8. The first kappa shape index (κ1) is 10.9. The van der Waals surface area contributed by atoms with Crippen LogP contribution in [-0.4, -0.2) is 19.3 Å². The third-order valence-corrected chi connectivity index (χ3v) is 2.47. The van der Waals surface area contributed by atoms with Crippen molar-refractivity contribution in [2.75, 3.05) is 13.4 Å². The molecule has 0 atom stereocenters. The van der Waals surface area contributed by atoms with Gasteiger partial charge in [-0.05, 0) is 30.0 Å². The smallest absolute Gasteiger partial charge is 0.330 e. The molecule has 0 unspecified atom stereocenters. The van der Waals surface area contributed by atoms with Crippen LogP contribution in [0.25, 0.3) is 6.08 Å². The van der Waals surface area contributed by atoms with Gasteiger partial charge in [-0.2, -0.15) is 0 Å². The first-order valence-corrected chi connectivity index (χ1v) is 5.39. The van der Waals surface area contributed by atoms with E-state index in [0.29, 0.717) is 0 Å². The van der Waals surface area contributed by atoms with Crippen molar-refractivity contribution in [1.82, 2.24) is 0 Å². The molecule has 1 rings (SSSR count). The molecule has 0 aromatic heterocycles. The van der Waals surface area contributed by atoms with Crippen LogP contribution in [0.1, 0.15) is 5.56 Å². The summed E-state index contributed by atoms with van der Waals surface area (Å²) in [5, 5.41) is 0. The number of carbonyl (C=O) groups is 1. The minimum absolute atomic E-state index is 0.334. The monoisotopic (exact) mass is 208 g/mol. The maximum absolute atomic E-state index is 10.8. The molecule has 0 radical (unpaired) electrons. The average molecular weight is 208 g/mol. The number of hydrogen-bond acceptors (Lipinski definition) is 3. The molecule has 0 heterocycles. The third-order valence-electron chi connectivity index (χ3n) is 1.73. The minimum atomic E-state index is -0.334. The Labute approximate surface area is 88.0 Å². The van der Waals surface area contributed by atoms with Crippen LogP contribution in [0.2, 0.25) is 0 Å². The van der Waals surface area contributed by atoms with E-state index in [4.69, 9.17) is 0 Å². The Morgan fingerprint density at radius 2 is 2.00 bits per heavy atom. The Bertz CT molecular complexity index is 328. The number of ether oxygens (including phenoxy) is 1. The van der Waals surface area contributed by atoms with Gasteiger partial charge in [0.15, 0.2) is 0 Å². The molecule has 14 heavy (non-hydrogen) atoms. The second-order valence-corrected chi connectivity index (χ2v) is 3.51. The van der Waals surface area contributed by atoms with Crippen molar-refractivity contribution in [3.8, 4) is 0 Å². The molecule has 0 aliphatic rings. The van der Waals surface area contributed by atoms with E-state index < -0.39 is 0 Å². The molecule has 74 valence electrons. The van der Waals surface area contributed by atoms with Crippen LogP contribution >= 0.6 is 11.8 Å². The summed E-state index contributed by atoms with van der Waals surface area (Å²) in [5.41, 5.74) is 0.994. The fourth-order valence-corrected chi connectivity index (χ4v) is 1.36. The second kappa shape index (κ2) is 5.50. The number of hydrogen-bond donors (Lipinski definition) is 0. The molecule has 0 spiro atoms. The molecule has 1 aromatic rings. The van der Waals surface area contributed by atoms with Gasteiger partial charge in [0.2, 0.25) is 0 Å². The number of benzene rings is 1. The Hall–Kier alpha value is -1.22. The summed E-state index contributed by atoms with van der Waals surface area (Å²) in [6, 6.07) is 7.96. The zero-order valence-corrected chi connectivity index (χ0v) is 9.01. The lowest BCUT2D eigenvalue weighted by atomic mass is 10.2. The van der Waals surface area contributed by atoms with Gasteiger partial charge < -0.3 is 4.74 Å². The summed E-state index contributed by atoms with van der Waals surface area (Å²) in [6.45, 7) is 0. The summed E-state index contributed by atoms with van der Waals surface area (Å²) in [4.78, 5) is 12.0. The molecule has 0 N–H and O–H groups in total. The summed E-state index contributed by atoms with van der Waals surface area (Å²) < 4.78 is 4.49. The molecule has 0 fully saturated rings. The average Bonchev–Trinajstić information content (AvgIpc) is 2.26. The predicted octanol–water partition coefficient (Wildman–Crippen LogP) is 2.59. The largest absolute Gasteiger partial charge is 0.466 e. The van der Waals surface area contributed by atoms with Gasteiger partial charge in [-0.15, -0.1) is 11.8 Å². The molecule has 2 nitrogen and oxygen atoms in total. The second-order valence-electron chi connectivity index (χ2n) is 2.63. The standard InChI is InChI=1S/C11H12O2S/c1-13-11(12)8-5-9-3-6-10(14-2)7-4-9/h3-8H,1-2H3/b8-5+. The summed E-state index contributed by atoms with van der Waals surface area (Å²) in [5.74, 6) is -0.334. The van der Waals surface area contributed by atoms with E-state index in [1.807, 2.05) is 30.5 Å². The fourth-order valence-electron chi connectivity index (χ4n) is 0.947. The first-order chi connectivity index (χ1) is 6.76. The highest BCUT2D eigenvalue weighted by molar-refractivity contribution is 7.98. The molecule has 0 bridgehead atoms. The van der Waals surface area contributed by atoms with Gasteiger partial charge >= 0.3 is 5.97 Å². The van der Waals surface area contributed by atoms with E-state index in [2.05, 4.69) is 4.74 Å². The van der Waals surface area contributed by atoms with Gasteiger partial charge in [0.25, 0.3) is 0 Å². The van der Waals surface area contributed by atoms with Gasteiger partial charge in [-0.1, -0.05) is 12.1 Å². The number of rotatable bonds is 3. The minimum Gasteiger partial charge on any atom is -0.466 e. The highest BCUT2D eigenvalue weighted by Crippen LogP contribution is 2.15. The molecule has 0 aliphatic carbocycles. The molecular formula is C11H12O2S. The van der Waals surface area contributed by atoms with Crippen molar-refractivity contribution < 1.29 is 9.53 Å². The molecule has 1 aromatic carbocycles. The van der Waals surface area contributed by atoms with Gasteiger partial charge in [0, 0.05) is 11.0 Å². The molecule has 0 aliphatic heterocycles. The highest BCUT2D eigenvalue weighted by atomic mass is 32.2. The third kappa shape index (κ3) is 3.26. The number of esters is 1. The van der Waals surface area contributed by atoms with E-state index in [1.54, 1.807) is 17.8 Å². The molecule has 3 heteroatoms. The van der Waals surface area contributed by atoms with E-state index in [1.165, 1.54) is 18.1 Å². The van der Waals surface area contributed by atoms with Crippen LogP contribution in [0.5, 0.6) is 0 Å². The first-order valence-electron chi connectivity index (χ1n) is 4.16.